The third kappa shape index (κ3) is 10.4. The summed E-state index contributed by atoms with van der Waals surface area (Å²) in [4.78, 5) is 0. The van der Waals surface area contributed by atoms with Crippen molar-refractivity contribution in [3.8, 4) is 0 Å². The molecule has 0 aliphatic carbocycles. The summed E-state index contributed by atoms with van der Waals surface area (Å²) in [7, 11) is 1.35. The Morgan fingerprint density at radius 1 is 0.800 bits per heavy atom. The van der Waals surface area contributed by atoms with Crippen molar-refractivity contribution in [1.82, 2.24) is 0 Å². The Morgan fingerprint density at radius 3 is 1.00 bits per heavy atom. The average molecular weight is 152 g/mol. The molecular formula is C9H16Si. The Bertz CT molecular complexity index is 105. The summed E-state index contributed by atoms with van der Waals surface area (Å²) in [5.74, 6) is 0. The fraction of sp³-hybridized carbons (Fsp3) is 0.333. The SMILES string of the molecule is CC(C)[SiH3].c1ccccc1. The standard InChI is InChI=1S/C6H6.C3H10Si/c1-2-4-6-5-3-1;1-3(2)4/h1-6H;3H,1-2,4H3. The van der Waals surface area contributed by atoms with Crippen molar-refractivity contribution < 1.29 is 0 Å². The second-order valence-corrected chi connectivity index (χ2v) is 5.20. The van der Waals surface area contributed by atoms with E-state index >= 15 is 0 Å². The average Bonchev–Trinajstić information content (AvgIpc) is 1.90. The lowest BCUT2D eigenvalue weighted by atomic mass is 10.4. The Morgan fingerprint density at radius 2 is 0.900 bits per heavy atom. The lowest BCUT2D eigenvalue weighted by molar-refractivity contribution is 1.08. The minimum Gasteiger partial charge on any atom is -0.0660 e. The summed E-state index contributed by atoms with van der Waals surface area (Å²) < 4.78 is 0. The molecular weight excluding hydrogens is 136 g/mol. The normalized spacial score (nSPS) is 8.70. The van der Waals surface area contributed by atoms with Gasteiger partial charge < -0.3 is 0 Å². The largest absolute Gasteiger partial charge is 0.0660 e. The van der Waals surface area contributed by atoms with Gasteiger partial charge >= 0.3 is 0 Å². The molecule has 0 aliphatic heterocycles. The van der Waals surface area contributed by atoms with Crippen molar-refractivity contribution in [2.24, 2.45) is 0 Å². The van der Waals surface area contributed by atoms with Crippen LogP contribution in [0.3, 0.4) is 0 Å². The summed E-state index contributed by atoms with van der Waals surface area (Å²) in [6, 6.07) is 12.0. The van der Waals surface area contributed by atoms with Crippen molar-refractivity contribution in [2.45, 2.75) is 19.4 Å². The van der Waals surface area contributed by atoms with Gasteiger partial charge in [0.1, 0.15) is 0 Å². The number of rotatable bonds is 0. The maximum Gasteiger partial charge on any atom is 0.00602 e. The second-order valence-electron chi connectivity index (χ2n) is 2.89. The van der Waals surface area contributed by atoms with Crippen molar-refractivity contribution in [3.05, 3.63) is 36.4 Å². The molecule has 0 bridgehead atoms. The maximum atomic E-state index is 2.23. The minimum atomic E-state index is 0.972. The van der Waals surface area contributed by atoms with Crippen LogP contribution in [0.15, 0.2) is 36.4 Å². The molecule has 1 aromatic rings. The van der Waals surface area contributed by atoms with E-state index in [1.807, 2.05) is 36.4 Å². The van der Waals surface area contributed by atoms with Crippen LogP contribution in [0.25, 0.3) is 0 Å². The first-order valence-electron chi connectivity index (χ1n) is 3.73. The van der Waals surface area contributed by atoms with Gasteiger partial charge in [0.25, 0.3) is 0 Å². The van der Waals surface area contributed by atoms with E-state index in [0.717, 1.165) is 5.54 Å². The monoisotopic (exact) mass is 152 g/mol. The fourth-order valence-corrected chi connectivity index (χ4v) is 0.385. The molecule has 0 N–H and O–H groups in total. The molecule has 1 rings (SSSR count). The Hall–Kier alpha value is -0.563. The van der Waals surface area contributed by atoms with Gasteiger partial charge in [-0.2, -0.15) is 0 Å². The Balaban J connectivity index is 0.000000180. The highest BCUT2D eigenvalue weighted by Crippen LogP contribution is 1.84. The van der Waals surface area contributed by atoms with E-state index in [1.54, 1.807) is 0 Å². The summed E-state index contributed by atoms with van der Waals surface area (Å²) in [5.41, 5.74) is 0.972. The van der Waals surface area contributed by atoms with Gasteiger partial charge in [0.15, 0.2) is 0 Å². The van der Waals surface area contributed by atoms with E-state index < -0.39 is 0 Å². The van der Waals surface area contributed by atoms with Gasteiger partial charge in [-0.05, 0) is 0 Å². The molecule has 0 radical (unpaired) electrons. The number of benzene rings is 1. The highest BCUT2D eigenvalue weighted by Gasteiger charge is 1.68. The van der Waals surface area contributed by atoms with Crippen molar-refractivity contribution in [2.75, 3.05) is 0 Å². The fourth-order valence-electron chi connectivity index (χ4n) is 0.385. The van der Waals surface area contributed by atoms with Crippen LogP contribution in [-0.2, 0) is 0 Å². The molecule has 0 fully saturated rings. The molecule has 0 spiro atoms. The zero-order valence-electron chi connectivity index (χ0n) is 7.04. The molecule has 0 unspecified atom stereocenters. The first-order valence-corrected chi connectivity index (χ1v) is 4.89. The molecule has 0 amide bonds. The smallest absolute Gasteiger partial charge is 0.00602 e. The molecule has 1 heteroatoms. The van der Waals surface area contributed by atoms with Crippen LogP contribution in [0.4, 0.5) is 0 Å². The first kappa shape index (κ1) is 9.44. The molecule has 1 aromatic carbocycles. The van der Waals surface area contributed by atoms with Crippen LogP contribution < -0.4 is 0 Å². The summed E-state index contributed by atoms with van der Waals surface area (Å²) >= 11 is 0. The Kier molecular flexibility index (Phi) is 6.19. The third-order valence-electron chi connectivity index (χ3n) is 0.667. The second kappa shape index (κ2) is 6.56. The van der Waals surface area contributed by atoms with Crippen LogP contribution in [-0.4, -0.2) is 10.2 Å². The zero-order valence-corrected chi connectivity index (χ0v) is 9.04. The summed E-state index contributed by atoms with van der Waals surface area (Å²) in [6.07, 6.45) is 0. The molecule has 56 valence electrons. The molecule has 0 saturated heterocycles. The van der Waals surface area contributed by atoms with Crippen LogP contribution in [0, 0.1) is 0 Å². The van der Waals surface area contributed by atoms with Gasteiger partial charge in [-0.1, -0.05) is 55.8 Å². The van der Waals surface area contributed by atoms with Crippen LogP contribution in [0.2, 0.25) is 5.54 Å². The highest BCUT2D eigenvalue weighted by atomic mass is 28.1. The summed E-state index contributed by atoms with van der Waals surface area (Å²) in [6.45, 7) is 4.46. The lowest BCUT2D eigenvalue weighted by Crippen LogP contribution is -1.67. The lowest BCUT2D eigenvalue weighted by Gasteiger charge is -1.78. The van der Waals surface area contributed by atoms with Gasteiger partial charge in [-0.15, -0.1) is 0 Å². The molecule has 0 nitrogen and oxygen atoms in total. The van der Waals surface area contributed by atoms with E-state index in [9.17, 15) is 0 Å². The predicted octanol–water partition coefficient (Wildman–Crippen LogP) is 1.87. The van der Waals surface area contributed by atoms with Crippen molar-refractivity contribution in [1.29, 1.82) is 0 Å². The van der Waals surface area contributed by atoms with Crippen LogP contribution in [0.1, 0.15) is 13.8 Å². The van der Waals surface area contributed by atoms with Gasteiger partial charge in [0, 0.05) is 10.2 Å². The van der Waals surface area contributed by atoms with E-state index in [4.69, 9.17) is 0 Å². The van der Waals surface area contributed by atoms with E-state index in [1.165, 1.54) is 10.2 Å². The topological polar surface area (TPSA) is 0 Å². The number of hydrogen-bond acceptors (Lipinski definition) is 0. The predicted molar refractivity (Wildman–Crippen MR) is 51.5 cm³/mol. The van der Waals surface area contributed by atoms with E-state index in [0.29, 0.717) is 0 Å². The highest BCUT2D eigenvalue weighted by molar-refractivity contribution is 6.10. The first-order chi connectivity index (χ1) is 4.73. The Labute approximate surface area is 66.7 Å². The van der Waals surface area contributed by atoms with E-state index in [-0.39, 0.29) is 0 Å². The summed E-state index contributed by atoms with van der Waals surface area (Å²) in [5, 5.41) is 0. The van der Waals surface area contributed by atoms with E-state index in [2.05, 4.69) is 13.8 Å². The van der Waals surface area contributed by atoms with Gasteiger partial charge in [-0.25, -0.2) is 0 Å². The van der Waals surface area contributed by atoms with Crippen LogP contribution in [0.5, 0.6) is 0 Å². The molecule has 0 heterocycles. The number of hydrogen-bond donors (Lipinski definition) is 0. The van der Waals surface area contributed by atoms with Crippen molar-refractivity contribution >= 4 is 10.2 Å². The van der Waals surface area contributed by atoms with Gasteiger partial charge in [-0.3, -0.25) is 0 Å². The third-order valence-corrected chi connectivity index (χ3v) is 0.667. The molecule has 0 aliphatic rings. The molecule has 0 atom stereocenters. The van der Waals surface area contributed by atoms with Crippen LogP contribution >= 0.6 is 0 Å². The van der Waals surface area contributed by atoms with Gasteiger partial charge in [0.2, 0.25) is 0 Å². The van der Waals surface area contributed by atoms with Gasteiger partial charge in [0.05, 0.1) is 0 Å². The molecule has 0 saturated carbocycles. The quantitative estimate of drug-likeness (QED) is 0.498. The zero-order chi connectivity index (χ0) is 7.82. The molecule has 10 heavy (non-hydrogen) atoms. The molecule has 0 aromatic heterocycles. The maximum absolute atomic E-state index is 2.23. The van der Waals surface area contributed by atoms with Crippen molar-refractivity contribution in [3.63, 3.8) is 0 Å². The minimum absolute atomic E-state index is 0.972.